The Kier molecular flexibility index (Phi) is 14.8. The van der Waals surface area contributed by atoms with Crippen LogP contribution >= 0.6 is 0 Å². The minimum atomic E-state index is 0.455. The van der Waals surface area contributed by atoms with Crippen LogP contribution < -0.4 is 0 Å². The highest BCUT2D eigenvalue weighted by Gasteiger charge is 1.98. The molecular formula is C13H24N2O. The average Bonchev–Trinajstić information content (AvgIpc) is 2.36. The highest BCUT2D eigenvalue weighted by molar-refractivity contribution is 5.51. The fourth-order valence-corrected chi connectivity index (χ4v) is 0.960. The lowest BCUT2D eigenvalue weighted by Gasteiger charge is -2.11. The van der Waals surface area contributed by atoms with E-state index in [1.807, 2.05) is 57.8 Å². The lowest BCUT2D eigenvalue weighted by molar-refractivity contribution is -0.108. The number of nitrogens with zero attached hydrogens (tertiary/aromatic N) is 2. The van der Waals surface area contributed by atoms with E-state index in [4.69, 9.17) is 0 Å². The Morgan fingerprint density at radius 3 is 2.31 bits per heavy atom. The molecule has 0 radical (unpaired) electrons. The van der Waals surface area contributed by atoms with Gasteiger partial charge < -0.3 is 4.79 Å². The molecule has 0 aliphatic rings. The van der Waals surface area contributed by atoms with Gasteiger partial charge in [-0.3, -0.25) is 9.88 Å². The molecule has 0 N–H and O–H groups in total. The smallest absolute Gasteiger partial charge is 0.133 e. The molecule has 16 heavy (non-hydrogen) atoms. The molecule has 0 bridgehead atoms. The molecule has 3 heteroatoms. The molecule has 0 unspecified atom stereocenters. The first kappa shape index (κ1) is 17.2. The standard InChI is InChI=1S/C9H12N2O.2C2H6/c1-11(6-7-12)8-9-4-2-3-5-10-9;2*1-2/h2-5,7H,6,8H2,1H3;2*1-2H3. The second-order valence-electron chi connectivity index (χ2n) is 2.68. The van der Waals surface area contributed by atoms with E-state index in [0.717, 1.165) is 18.5 Å². The van der Waals surface area contributed by atoms with Crippen LogP contribution in [0.2, 0.25) is 0 Å². The summed E-state index contributed by atoms with van der Waals surface area (Å²) in [4.78, 5) is 16.2. The molecule has 0 saturated carbocycles. The van der Waals surface area contributed by atoms with Crippen molar-refractivity contribution in [2.45, 2.75) is 34.2 Å². The monoisotopic (exact) mass is 224 g/mol. The Morgan fingerprint density at radius 2 is 1.88 bits per heavy atom. The number of carbonyl (C=O) groups is 1. The number of aromatic nitrogens is 1. The molecule has 0 aliphatic carbocycles. The van der Waals surface area contributed by atoms with Gasteiger partial charge >= 0.3 is 0 Å². The second kappa shape index (κ2) is 13.8. The summed E-state index contributed by atoms with van der Waals surface area (Å²) in [6, 6.07) is 5.77. The molecule has 1 aromatic heterocycles. The van der Waals surface area contributed by atoms with Crippen LogP contribution in [0.1, 0.15) is 33.4 Å². The first-order chi connectivity index (χ1) is 7.83. The van der Waals surface area contributed by atoms with Crippen LogP contribution in [0.4, 0.5) is 0 Å². The largest absolute Gasteiger partial charge is 0.302 e. The summed E-state index contributed by atoms with van der Waals surface area (Å²) >= 11 is 0. The van der Waals surface area contributed by atoms with E-state index in [-0.39, 0.29) is 0 Å². The van der Waals surface area contributed by atoms with Gasteiger partial charge in [0.2, 0.25) is 0 Å². The Hall–Kier alpha value is -1.22. The molecule has 0 spiro atoms. The molecular weight excluding hydrogens is 200 g/mol. The minimum Gasteiger partial charge on any atom is -0.302 e. The van der Waals surface area contributed by atoms with Gasteiger partial charge in [0.25, 0.3) is 0 Å². The topological polar surface area (TPSA) is 33.2 Å². The number of pyridine rings is 1. The highest BCUT2D eigenvalue weighted by atomic mass is 16.1. The van der Waals surface area contributed by atoms with Crippen molar-refractivity contribution in [3.05, 3.63) is 30.1 Å². The van der Waals surface area contributed by atoms with Crippen molar-refractivity contribution in [2.75, 3.05) is 13.6 Å². The number of likely N-dealkylation sites (N-methyl/N-ethyl adjacent to an activating group) is 1. The summed E-state index contributed by atoms with van der Waals surface area (Å²) < 4.78 is 0. The Labute approximate surface area is 99.5 Å². The third-order valence-corrected chi connectivity index (χ3v) is 1.54. The molecule has 1 heterocycles. The van der Waals surface area contributed by atoms with Crippen molar-refractivity contribution in [3.8, 4) is 0 Å². The van der Waals surface area contributed by atoms with Gasteiger partial charge in [-0.05, 0) is 19.2 Å². The van der Waals surface area contributed by atoms with E-state index in [1.165, 1.54) is 0 Å². The molecule has 0 fully saturated rings. The number of hydrogen-bond acceptors (Lipinski definition) is 3. The number of aldehydes is 1. The predicted octanol–water partition coefficient (Wildman–Crippen LogP) is 2.76. The lowest BCUT2D eigenvalue weighted by Crippen LogP contribution is -2.20. The first-order valence-electron chi connectivity index (χ1n) is 5.85. The third kappa shape index (κ3) is 9.34. The average molecular weight is 224 g/mol. The van der Waals surface area contributed by atoms with E-state index in [1.54, 1.807) is 6.20 Å². The Balaban J connectivity index is 0. The molecule has 1 aromatic rings. The maximum absolute atomic E-state index is 10.1. The molecule has 1 rings (SSSR count). The normalized spacial score (nSPS) is 8.38. The van der Waals surface area contributed by atoms with E-state index >= 15 is 0 Å². The SMILES string of the molecule is CC.CC.CN(CC=O)Cc1ccccn1. The van der Waals surface area contributed by atoms with Crippen LogP contribution in [0.15, 0.2) is 24.4 Å². The summed E-state index contributed by atoms with van der Waals surface area (Å²) in [5.74, 6) is 0. The van der Waals surface area contributed by atoms with Gasteiger partial charge in [0.05, 0.1) is 12.2 Å². The van der Waals surface area contributed by atoms with E-state index in [2.05, 4.69) is 4.98 Å². The minimum absolute atomic E-state index is 0.455. The molecule has 3 nitrogen and oxygen atoms in total. The van der Waals surface area contributed by atoms with Crippen molar-refractivity contribution in [2.24, 2.45) is 0 Å². The molecule has 0 amide bonds. The number of rotatable bonds is 4. The first-order valence-corrected chi connectivity index (χ1v) is 5.85. The number of hydrogen-bond donors (Lipinski definition) is 0. The van der Waals surface area contributed by atoms with E-state index in [0.29, 0.717) is 6.54 Å². The van der Waals surface area contributed by atoms with Gasteiger partial charge in [-0.15, -0.1) is 0 Å². The summed E-state index contributed by atoms with van der Waals surface area (Å²) in [5, 5.41) is 0. The quantitative estimate of drug-likeness (QED) is 0.737. The number of carbonyl (C=O) groups excluding carboxylic acids is 1. The van der Waals surface area contributed by atoms with Crippen LogP contribution in [0.25, 0.3) is 0 Å². The van der Waals surface area contributed by atoms with E-state index < -0.39 is 0 Å². The molecule has 0 aliphatic heterocycles. The van der Waals surface area contributed by atoms with Gasteiger partial charge in [-0.2, -0.15) is 0 Å². The van der Waals surface area contributed by atoms with Crippen molar-refractivity contribution < 1.29 is 4.79 Å². The maximum atomic E-state index is 10.1. The van der Waals surface area contributed by atoms with Gasteiger partial charge in [0.1, 0.15) is 6.29 Å². The fraction of sp³-hybridized carbons (Fsp3) is 0.538. The summed E-state index contributed by atoms with van der Waals surface area (Å²) in [6.07, 6.45) is 2.65. The van der Waals surface area contributed by atoms with Crippen LogP contribution in [-0.2, 0) is 11.3 Å². The van der Waals surface area contributed by atoms with Crippen molar-refractivity contribution in [1.29, 1.82) is 0 Å². The van der Waals surface area contributed by atoms with Crippen LogP contribution in [0.3, 0.4) is 0 Å². The molecule has 0 saturated heterocycles. The van der Waals surface area contributed by atoms with Crippen molar-refractivity contribution in [3.63, 3.8) is 0 Å². The summed E-state index contributed by atoms with van der Waals surface area (Å²) in [7, 11) is 1.89. The van der Waals surface area contributed by atoms with Gasteiger partial charge in [0.15, 0.2) is 0 Å². The van der Waals surface area contributed by atoms with Crippen LogP contribution in [0, 0.1) is 0 Å². The summed E-state index contributed by atoms with van der Waals surface area (Å²) in [6.45, 7) is 9.18. The highest BCUT2D eigenvalue weighted by Crippen LogP contribution is 1.96. The van der Waals surface area contributed by atoms with Gasteiger partial charge in [-0.1, -0.05) is 33.8 Å². The predicted molar refractivity (Wildman–Crippen MR) is 69.3 cm³/mol. The Bertz CT molecular complexity index is 237. The third-order valence-electron chi connectivity index (χ3n) is 1.54. The molecule has 0 atom stereocenters. The van der Waals surface area contributed by atoms with Crippen molar-refractivity contribution in [1.82, 2.24) is 9.88 Å². The zero-order valence-electron chi connectivity index (χ0n) is 11.1. The maximum Gasteiger partial charge on any atom is 0.133 e. The van der Waals surface area contributed by atoms with Crippen molar-refractivity contribution >= 4 is 6.29 Å². The fourth-order valence-electron chi connectivity index (χ4n) is 0.960. The Morgan fingerprint density at radius 1 is 1.25 bits per heavy atom. The lowest BCUT2D eigenvalue weighted by atomic mass is 10.3. The second-order valence-corrected chi connectivity index (χ2v) is 2.68. The van der Waals surface area contributed by atoms with Gasteiger partial charge in [-0.25, -0.2) is 0 Å². The zero-order chi connectivity index (χ0) is 12.8. The van der Waals surface area contributed by atoms with Crippen LogP contribution in [0.5, 0.6) is 0 Å². The molecule has 92 valence electrons. The van der Waals surface area contributed by atoms with E-state index in [9.17, 15) is 4.79 Å². The van der Waals surface area contributed by atoms with Crippen LogP contribution in [-0.4, -0.2) is 29.8 Å². The molecule has 0 aromatic carbocycles. The summed E-state index contributed by atoms with van der Waals surface area (Å²) in [5.41, 5.74) is 0.988. The van der Waals surface area contributed by atoms with Gasteiger partial charge in [0, 0.05) is 12.7 Å². The zero-order valence-corrected chi connectivity index (χ0v) is 11.1.